The van der Waals surface area contributed by atoms with Crippen molar-refractivity contribution in [3.05, 3.63) is 47.7 Å². The van der Waals surface area contributed by atoms with Crippen LogP contribution in [0.5, 0.6) is 0 Å². The number of anilines is 1. The molecule has 2 heterocycles. The van der Waals surface area contributed by atoms with Crippen LogP contribution >= 0.6 is 0 Å². The first-order valence-corrected chi connectivity index (χ1v) is 7.85. The molecule has 6 nitrogen and oxygen atoms in total. The highest BCUT2D eigenvalue weighted by atomic mass is 16.5. The molecule has 2 atom stereocenters. The topological polar surface area (TPSA) is 78.6 Å². The average molecular weight is 315 g/mol. The highest BCUT2D eigenvalue weighted by Crippen LogP contribution is 2.26. The van der Waals surface area contributed by atoms with E-state index >= 15 is 0 Å². The SMILES string of the molecule is Cc1cc(NC(=O)[C@H](c2ccccc2)N2CCC[C@@H](O)C2)no1. The Balaban J connectivity index is 1.83. The number of piperidine rings is 1. The number of amides is 1. The van der Waals surface area contributed by atoms with Gasteiger partial charge in [-0.25, -0.2) is 0 Å². The molecule has 1 aromatic heterocycles. The Morgan fingerprint density at radius 2 is 2.22 bits per heavy atom. The molecular formula is C17H21N3O3. The average Bonchev–Trinajstić information content (AvgIpc) is 2.94. The fourth-order valence-corrected chi connectivity index (χ4v) is 3.00. The molecule has 2 aromatic rings. The molecule has 1 saturated heterocycles. The second-order valence-electron chi connectivity index (χ2n) is 5.92. The van der Waals surface area contributed by atoms with E-state index in [4.69, 9.17) is 4.52 Å². The molecule has 23 heavy (non-hydrogen) atoms. The quantitative estimate of drug-likeness (QED) is 0.903. The molecule has 0 aliphatic carbocycles. The molecule has 1 aliphatic rings. The fraction of sp³-hybridized carbons (Fsp3) is 0.412. The number of carbonyl (C=O) groups excluding carboxylic acids is 1. The van der Waals surface area contributed by atoms with Crippen molar-refractivity contribution < 1.29 is 14.4 Å². The van der Waals surface area contributed by atoms with E-state index in [1.165, 1.54) is 0 Å². The first-order chi connectivity index (χ1) is 11.1. The van der Waals surface area contributed by atoms with Gasteiger partial charge in [0.2, 0.25) is 5.91 Å². The van der Waals surface area contributed by atoms with Crippen LogP contribution in [-0.2, 0) is 4.79 Å². The number of aromatic nitrogens is 1. The Hall–Kier alpha value is -2.18. The monoisotopic (exact) mass is 315 g/mol. The first-order valence-electron chi connectivity index (χ1n) is 7.85. The number of carbonyl (C=O) groups is 1. The van der Waals surface area contributed by atoms with E-state index in [-0.39, 0.29) is 5.91 Å². The minimum Gasteiger partial charge on any atom is -0.392 e. The van der Waals surface area contributed by atoms with Gasteiger partial charge in [0.05, 0.1) is 6.10 Å². The molecule has 6 heteroatoms. The minimum absolute atomic E-state index is 0.168. The lowest BCUT2D eigenvalue weighted by Gasteiger charge is -2.35. The molecule has 1 aliphatic heterocycles. The lowest BCUT2D eigenvalue weighted by molar-refractivity contribution is -0.122. The van der Waals surface area contributed by atoms with Crippen LogP contribution in [0.1, 0.15) is 30.2 Å². The van der Waals surface area contributed by atoms with Crippen molar-refractivity contribution in [2.75, 3.05) is 18.4 Å². The molecule has 122 valence electrons. The molecule has 1 fully saturated rings. The van der Waals surface area contributed by atoms with Gasteiger partial charge in [0.1, 0.15) is 11.8 Å². The van der Waals surface area contributed by atoms with Crippen molar-refractivity contribution in [2.45, 2.75) is 31.9 Å². The molecule has 0 radical (unpaired) electrons. The van der Waals surface area contributed by atoms with Gasteiger partial charge in [-0.2, -0.15) is 0 Å². The number of β-amino-alcohol motifs (C(OH)–C–C–N with tert-alkyl or cyclic N) is 1. The summed E-state index contributed by atoms with van der Waals surface area (Å²) in [6, 6.07) is 10.8. The molecule has 1 amide bonds. The van der Waals surface area contributed by atoms with Crippen LogP contribution in [0, 0.1) is 6.92 Å². The lowest BCUT2D eigenvalue weighted by atomic mass is 10.00. The third-order valence-corrected chi connectivity index (χ3v) is 4.04. The van der Waals surface area contributed by atoms with Crippen molar-refractivity contribution in [1.82, 2.24) is 10.1 Å². The van der Waals surface area contributed by atoms with Gasteiger partial charge in [0.15, 0.2) is 5.82 Å². The van der Waals surface area contributed by atoms with E-state index in [1.807, 2.05) is 35.2 Å². The van der Waals surface area contributed by atoms with Crippen LogP contribution in [-0.4, -0.2) is 40.3 Å². The highest BCUT2D eigenvalue weighted by molar-refractivity contribution is 5.94. The zero-order valence-electron chi connectivity index (χ0n) is 13.1. The van der Waals surface area contributed by atoms with Crippen molar-refractivity contribution in [2.24, 2.45) is 0 Å². The van der Waals surface area contributed by atoms with Crippen LogP contribution < -0.4 is 5.32 Å². The van der Waals surface area contributed by atoms with E-state index in [0.717, 1.165) is 24.9 Å². The predicted octanol–water partition coefficient (Wildman–Crippen LogP) is 2.12. The summed E-state index contributed by atoms with van der Waals surface area (Å²) in [7, 11) is 0. The van der Waals surface area contributed by atoms with Gasteiger partial charge in [0.25, 0.3) is 0 Å². The Labute approximate surface area is 135 Å². The number of aryl methyl sites for hydroxylation is 1. The van der Waals surface area contributed by atoms with Crippen LogP contribution in [0.25, 0.3) is 0 Å². The number of nitrogens with zero attached hydrogens (tertiary/aromatic N) is 2. The van der Waals surface area contributed by atoms with Crippen molar-refractivity contribution in [1.29, 1.82) is 0 Å². The smallest absolute Gasteiger partial charge is 0.247 e. The lowest BCUT2D eigenvalue weighted by Crippen LogP contribution is -2.44. The molecule has 0 saturated carbocycles. The van der Waals surface area contributed by atoms with Crippen molar-refractivity contribution in [3.8, 4) is 0 Å². The standard InChI is InChI=1S/C17H21N3O3/c1-12-10-15(19-23-12)18-17(22)16(13-6-3-2-4-7-13)20-9-5-8-14(21)11-20/h2-4,6-7,10,14,16,21H,5,8-9,11H2,1H3,(H,18,19,22)/t14-,16+/m1/s1. The molecular weight excluding hydrogens is 294 g/mol. The Kier molecular flexibility index (Phi) is 4.73. The summed E-state index contributed by atoms with van der Waals surface area (Å²) in [4.78, 5) is 14.8. The Morgan fingerprint density at radius 3 is 2.87 bits per heavy atom. The fourth-order valence-electron chi connectivity index (χ4n) is 3.00. The van der Waals surface area contributed by atoms with Crippen LogP contribution in [0.3, 0.4) is 0 Å². The number of nitrogens with one attached hydrogen (secondary N) is 1. The number of benzene rings is 1. The van der Waals surface area contributed by atoms with E-state index < -0.39 is 12.1 Å². The number of aliphatic hydroxyl groups is 1. The largest absolute Gasteiger partial charge is 0.392 e. The molecule has 2 N–H and O–H groups in total. The van der Waals surface area contributed by atoms with Gasteiger partial charge in [-0.05, 0) is 31.9 Å². The maximum atomic E-state index is 12.8. The predicted molar refractivity (Wildman–Crippen MR) is 85.9 cm³/mol. The Morgan fingerprint density at radius 1 is 1.43 bits per heavy atom. The summed E-state index contributed by atoms with van der Waals surface area (Å²) in [5.41, 5.74) is 0.902. The van der Waals surface area contributed by atoms with E-state index in [0.29, 0.717) is 18.1 Å². The van der Waals surface area contributed by atoms with Gasteiger partial charge >= 0.3 is 0 Å². The third kappa shape index (κ3) is 3.78. The second kappa shape index (κ2) is 6.93. The second-order valence-corrected chi connectivity index (χ2v) is 5.92. The summed E-state index contributed by atoms with van der Waals surface area (Å²) in [6.45, 7) is 3.05. The molecule has 3 rings (SSSR count). The van der Waals surface area contributed by atoms with Gasteiger partial charge < -0.3 is 14.9 Å². The number of aliphatic hydroxyl groups excluding tert-OH is 1. The molecule has 0 spiro atoms. The first kappa shape index (κ1) is 15.7. The minimum atomic E-state index is -0.455. The van der Waals surface area contributed by atoms with Crippen LogP contribution in [0.15, 0.2) is 40.9 Å². The molecule has 0 bridgehead atoms. The zero-order valence-corrected chi connectivity index (χ0v) is 13.1. The van der Waals surface area contributed by atoms with Crippen LogP contribution in [0.4, 0.5) is 5.82 Å². The number of rotatable bonds is 4. The van der Waals surface area contributed by atoms with Gasteiger partial charge in [-0.1, -0.05) is 35.5 Å². The maximum Gasteiger partial charge on any atom is 0.247 e. The number of likely N-dealkylation sites (tertiary alicyclic amines) is 1. The van der Waals surface area contributed by atoms with E-state index in [9.17, 15) is 9.90 Å². The maximum absolute atomic E-state index is 12.8. The number of hydrogen-bond acceptors (Lipinski definition) is 5. The Bertz CT molecular complexity index is 656. The highest BCUT2D eigenvalue weighted by Gasteiger charge is 2.31. The van der Waals surface area contributed by atoms with E-state index in [2.05, 4.69) is 10.5 Å². The van der Waals surface area contributed by atoms with E-state index in [1.54, 1.807) is 13.0 Å². The molecule has 1 aromatic carbocycles. The van der Waals surface area contributed by atoms with Crippen LogP contribution in [0.2, 0.25) is 0 Å². The summed E-state index contributed by atoms with van der Waals surface area (Å²) in [5, 5.41) is 16.6. The van der Waals surface area contributed by atoms with Gasteiger partial charge in [-0.15, -0.1) is 0 Å². The normalized spacial score (nSPS) is 20.2. The third-order valence-electron chi connectivity index (χ3n) is 4.04. The summed E-state index contributed by atoms with van der Waals surface area (Å²) in [5.74, 6) is 0.884. The summed E-state index contributed by atoms with van der Waals surface area (Å²) >= 11 is 0. The number of hydrogen-bond donors (Lipinski definition) is 2. The molecule has 0 unspecified atom stereocenters. The van der Waals surface area contributed by atoms with Crippen molar-refractivity contribution >= 4 is 11.7 Å². The van der Waals surface area contributed by atoms with Gasteiger partial charge in [-0.3, -0.25) is 9.69 Å². The summed E-state index contributed by atoms with van der Waals surface area (Å²) in [6.07, 6.45) is 1.26. The van der Waals surface area contributed by atoms with Crippen molar-refractivity contribution in [3.63, 3.8) is 0 Å². The zero-order chi connectivity index (χ0) is 16.2. The van der Waals surface area contributed by atoms with Gasteiger partial charge in [0, 0.05) is 12.6 Å². The summed E-state index contributed by atoms with van der Waals surface area (Å²) < 4.78 is 5.00.